The van der Waals surface area contributed by atoms with Crippen LogP contribution in [-0.4, -0.2) is 5.67 Å². The first-order valence-corrected chi connectivity index (χ1v) is 4.60. The van der Waals surface area contributed by atoms with E-state index in [4.69, 9.17) is 0 Å². The summed E-state index contributed by atoms with van der Waals surface area (Å²) in [5.74, 6) is 0. The van der Waals surface area contributed by atoms with Crippen molar-refractivity contribution in [2.45, 2.75) is 53.1 Å². The van der Waals surface area contributed by atoms with Crippen LogP contribution in [0.25, 0.3) is 0 Å². The molecule has 0 bridgehead atoms. The van der Waals surface area contributed by atoms with Gasteiger partial charge in [-0.2, -0.15) is 0 Å². The maximum Gasteiger partial charge on any atom is 0.136 e. The summed E-state index contributed by atoms with van der Waals surface area (Å²) in [5, 5.41) is 0. The Hall–Kier alpha value is -0.330. The monoisotopic (exact) mass is 172 g/mol. The first kappa shape index (κ1) is 11.7. The lowest BCUT2D eigenvalue weighted by molar-refractivity contribution is 0.0572. The van der Waals surface area contributed by atoms with Crippen LogP contribution in [-0.2, 0) is 0 Å². The van der Waals surface area contributed by atoms with Crippen LogP contribution in [0.2, 0.25) is 0 Å². The fourth-order valence-corrected chi connectivity index (χ4v) is 1.57. The Morgan fingerprint density at radius 3 is 1.83 bits per heavy atom. The summed E-state index contributed by atoms with van der Waals surface area (Å²) in [6.07, 6.45) is 1.44. The predicted octanol–water partition coefficient (Wildman–Crippen LogP) is 4.12. The second-order valence-electron chi connectivity index (χ2n) is 4.58. The van der Waals surface area contributed by atoms with Crippen molar-refractivity contribution in [3.63, 3.8) is 0 Å². The first-order valence-electron chi connectivity index (χ1n) is 4.60. The van der Waals surface area contributed by atoms with Gasteiger partial charge in [0.25, 0.3) is 0 Å². The van der Waals surface area contributed by atoms with E-state index in [1.165, 1.54) is 0 Å². The normalized spacial score (nSPS) is 17.2. The van der Waals surface area contributed by atoms with Gasteiger partial charge in [-0.25, -0.2) is 4.39 Å². The molecular formula is C11H21F. The summed E-state index contributed by atoms with van der Waals surface area (Å²) in [4.78, 5) is 0. The lowest BCUT2D eigenvalue weighted by atomic mass is 9.72. The highest BCUT2D eigenvalue weighted by molar-refractivity contribution is 5.14. The lowest BCUT2D eigenvalue weighted by Gasteiger charge is -2.38. The molecule has 0 aliphatic rings. The zero-order valence-electron chi connectivity index (χ0n) is 9.00. The molecule has 12 heavy (non-hydrogen) atoms. The minimum absolute atomic E-state index is 0.338. The fourth-order valence-electron chi connectivity index (χ4n) is 1.57. The molecule has 0 heterocycles. The number of allylic oxidation sites excluding steroid dienone is 1. The molecule has 0 aromatic rings. The van der Waals surface area contributed by atoms with Crippen molar-refractivity contribution >= 4 is 0 Å². The Bertz CT molecular complexity index is 164. The topological polar surface area (TPSA) is 0 Å². The van der Waals surface area contributed by atoms with Crippen molar-refractivity contribution < 1.29 is 4.39 Å². The van der Waals surface area contributed by atoms with Gasteiger partial charge in [-0.05, 0) is 24.3 Å². The fraction of sp³-hybridized carbons (Fsp3) is 0.818. The molecule has 0 nitrogen and oxygen atoms in total. The molecule has 0 N–H and O–H groups in total. The van der Waals surface area contributed by atoms with Gasteiger partial charge in [0.15, 0.2) is 0 Å². The van der Waals surface area contributed by atoms with Crippen molar-refractivity contribution in [2.24, 2.45) is 5.41 Å². The van der Waals surface area contributed by atoms with E-state index in [0.29, 0.717) is 12.0 Å². The Kier molecular flexibility index (Phi) is 3.49. The van der Waals surface area contributed by atoms with E-state index in [1.807, 2.05) is 27.7 Å². The molecule has 0 rings (SSSR count). The smallest absolute Gasteiger partial charge is 0.136 e. The van der Waals surface area contributed by atoms with Gasteiger partial charge in [-0.3, -0.25) is 0 Å². The molecule has 0 radical (unpaired) electrons. The quantitative estimate of drug-likeness (QED) is 0.562. The molecular weight excluding hydrogens is 151 g/mol. The molecule has 1 atom stereocenters. The van der Waals surface area contributed by atoms with Crippen LogP contribution in [0.3, 0.4) is 0 Å². The molecule has 0 amide bonds. The second-order valence-corrected chi connectivity index (χ2v) is 4.58. The number of hydrogen-bond donors (Lipinski definition) is 0. The zero-order chi connectivity index (χ0) is 9.99. The molecule has 1 unspecified atom stereocenters. The van der Waals surface area contributed by atoms with E-state index in [0.717, 1.165) is 6.42 Å². The average molecular weight is 172 g/mol. The van der Waals surface area contributed by atoms with Crippen molar-refractivity contribution in [3.8, 4) is 0 Å². The van der Waals surface area contributed by atoms with Gasteiger partial charge in [-0.1, -0.05) is 40.7 Å². The second kappa shape index (κ2) is 3.59. The van der Waals surface area contributed by atoms with E-state index in [2.05, 4.69) is 6.58 Å². The maximum atomic E-state index is 14.3. The van der Waals surface area contributed by atoms with E-state index in [-0.39, 0.29) is 5.41 Å². The van der Waals surface area contributed by atoms with Crippen LogP contribution >= 0.6 is 0 Å². The Morgan fingerprint density at radius 1 is 1.33 bits per heavy atom. The van der Waals surface area contributed by atoms with Crippen LogP contribution in [0.1, 0.15) is 47.5 Å². The molecule has 0 aromatic heterocycles. The Morgan fingerprint density at radius 2 is 1.75 bits per heavy atom. The summed E-state index contributed by atoms with van der Waals surface area (Å²) in [7, 11) is 0. The summed E-state index contributed by atoms with van der Waals surface area (Å²) >= 11 is 0. The van der Waals surface area contributed by atoms with E-state index in [1.54, 1.807) is 6.92 Å². The van der Waals surface area contributed by atoms with Crippen LogP contribution in [0.5, 0.6) is 0 Å². The van der Waals surface area contributed by atoms with E-state index in [9.17, 15) is 4.39 Å². The molecule has 0 fully saturated rings. The number of alkyl halides is 1. The molecule has 0 saturated carbocycles. The van der Waals surface area contributed by atoms with Gasteiger partial charge in [0, 0.05) is 0 Å². The summed E-state index contributed by atoms with van der Waals surface area (Å²) in [6, 6.07) is 0. The van der Waals surface area contributed by atoms with Crippen molar-refractivity contribution in [1.82, 2.24) is 0 Å². The first-order chi connectivity index (χ1) is 5.25. The summed E-state index contributed by atoms with van der Waals surface area (Å²) < 4.78 is 14.3. The summed E-state index contributed by atoms with van der Waals surface area (Å²) in [5.41, 5.74) is -0.895. The molecule has 1 heteroatoms. The minimum Gasteiger partial charge on any atom is -0.238 e. The third-order valence-corrected chi connectivity index (χ3v) is 2.46. The minimum atomic E-state index is -1.21. The van der Waals surface area contributed by atoms with Gasteiger partial charge in [0.2, 0.25) is 0 Å². The molecule has 0 aromatic carbocycles. The maximum absolute atomic E-state index is 14.3. The van der Waals surface area contributed by atoms with Crippen molar-refractivity contribution in [3.05, 3.63) is 12.2 Å². The van der Waals surface area contributed by atoms with Crippen LogP contribution in [0.15, 0.2) is 12.2 Å². The number of halogens is 1. The zero-order valence-corrected chi connectivity index (χ0v) is 9.00. The van der Waals surface area contributed by atoms with E-state index < -0.39 is 5.67 Å². The predicted molar refractivity (Wildman–Crippen MR) is 53.0 cm³/mol. The van der Waals surface area contributed by atoms with Gasteiger partial charge in [-0.15, -0.1) is 0 Å². The van der Waals surface area contributed by atoms with Gasteiger partial charge in [0.05, 0.1) is 0 Å². The van der Waals surface area contributed by atoms with Gasteiger partial charge in [0.1, 0.15) is 5.67 Å². The molecule has 0 aliphatic heterocycles. The highest BCUT2D eigenvalue weighted by Crippen LogP contribution is 2.42. The lowest BCUT2D eigenvalue weighted by Crippen LogP contribution is -2.39. The average Bonchev–Trinajstić information content (AvgIpc) is 1.85. The standard InChI is InChI=1S/C11H21F/c1-7-8-11(12,9(2)3)10(4,5)6/h2,7-8H2,1,3-6H3. The Labute approximate surface area is 75.9 Å². The number of rotatable bonds is 3. The van der Waals surface area contributed by atoms with Crippen LogP contribution in [0.4, 0.5) is 4.39 Å². The summed E-state index contributed by atoms with van der Waals surface area (Å²) in [6.45, 7) is 13.3. The molecule has 0 spiro atoms. The van der Waals surface area contributed by atoms with Crippen molar-refractivity contribution in [2.75, 3.05) is 0 Å². The van der Waals surface area contributed by atoms with Gasteiger partial charge >= 0.3 is 0 Å². The largest absolute Gasteiger partial charge is 0.238 e. The SMILES string of the molecule is C=C(C)C(F)(CCC)C(C)(C)C. The molecule has 0 saturated heterocycles. The van der Waals surface area contributed by atoms with Crippen LogP contribution in [0, 0.1) is 5.41 Å². The number of hydrogen-bond acceptors (Lipinski definition) is 0. The third-order valence-electron chi connectivity index (χ3n) is 2.46. The van der Waals surface area contributed by atoms with E-state index >= 15 is 0 Å². The molecule has 72 valence electrons. The highest BCUT2D eigenvalue weighted by atomic mass is 19.1. The van der Waals surface area contributed by atoms with Gasteiger partial charge < -0.3 is 0 Å². The third kappa shape index (κ3) is 2.09. The Balaban J connectivity index is 4.75. The highest BCUT2D eigenvalue weighted by Gasteiger charge is 2.41. The van der Waals surface area contributed by atoms with Crippen LogP contribution < -0.4 is 0 Å². The molecule has 0 aliphatic carbocycles. The van der Waals surface area contributed by atoms with Crippen molar-refractivity contribution in [1.29, 1.82) is 0 Å².